The van der Waals surface area contributed by atoms with Gasteiger partial charge in [0.2, 0.25) is 0 Å². The summed E-state index contributed by atoms with van der Waals surface area (Å²) in [5, 5.41) is 8.21. The lowest BCUT2D eigenvalue weighted by Gasteiger charge is -2.25. The molecule has 1 N–H and O–H groups in total. The Labute approximate surface area is 106 Å². The maximum atomic E-state index is 4.53. The van der Waals surface area contributed by atoms with Gasteiger partial charge in [-0.25, -0.2) is 0 Å². The van der Waals surface area contributed by atoms with Gasteiger partial charge in [-0.05, 0) is 32.7 Å². The Balaban J connectivity index is 3.03. The molecular weight excluding hydrogens is 210 g/mol. The van der Waals surface area contributed by atoms with Gasteiger partial charge in [0.1, 0.15) is 0 Å². The van der Waals surface area contributed by atoms with Crippen LogP contribution < -0.4 is 5.32 Å². The van der Waals surface area contributed by atoms with Crippen LogP contribution in [0.3, 0.4) is 0 Å². The molecule has 1 aromatic rings. The molecule has 1 aromatic heterocycles. The van der Waals surface area contributed by atoms with Crippen LogP contribution in [0, 0.1) is 19.8 Å². The van der Waals surface area contributed by atoms with Crippen molar-refractivity contribution in [2.45, 2.75) is 53.5 Å². The van der Waals surface area contributed by atoms with E-state index in [9.17, 15) is 0 Å². The molecule has 0 aliphatic carbocycles. The van der Waals surface area contributed by atoms with E-state index in [1.54, 1.807) is 0 Å². The van der Waals surface area contributed by atoms with E-state index in [1.165, 1.54) is 29.8 Å². The van der Waals surface area contributed by atoms with Crippen LogP contribution >= 0.6 is 0 Å². The van der Waals surface area contributed by atoms with Crippen molar-refractivity contribution >= 4 is 0 Å². The highest BCUT2D eigenvalue weighted by atomic mass is 15.3. The molecule has 2 unspecified atom stereocenters. The summed E-state index contributed by atoms with van der Waals surface area (Å²) < 4.78 is 1.99. The van der Waals surface area contributed by atoms with Crippen LogP contribution in [-0.2, 0) is 7.05 Å². The number of aromatic nitrogens is 2. The first-order valence-electron chi connectivity index (χ1n) is 6.76. The molecule has 0 aliphatic heterocycles. The summed E-state index contributed by atoms with van der Waals surface area (Å²) in [5.74, 6) is 0.642. The van der Waals surface area contributed by atoms with Gasteiger partial charge in [-0.2, -0.15) is 5.10 Å². The van der Waals surface area contributed by atoms with E-state index in [2.05, 4.69) is 45.0 Å². The summed E-state index contributed by atoms with van der Waals surface area (Å²) >= 11 is 0. The third-order valence-electron chi connectivity index (χ3n) is 3.70. The fraction of sp³-hybridized carbons (Fsp3) is 0.786. The monoisotopic (exact) mass is 237 g/mol. The van der Waals surface area contributed by atoms with Crippen LogP contribution in [0.4, 0.5) is 0 Å². The third kappa shape index (κ3) is 3.09. The summed E-state index contributed by atoms with van der Waals surface area (Å²) in [4.78, 5) is 0. The van der Waals surface area contributed by atoms with Crippen LogP contribution in [0.5, 0.6) is 0 Å². The van der Waals surface area contributed by atoms with Gasteiger partial charge in [0.05, 0.1) is 5.69 Å². The van der Waals surface area contributed by atoms with Crippen molar-refractivity contribution in [1.82, 2.24) is 15.1 Å². The van der Waals surface area contributed by atoms with E-state index in [-0.39, 0.29) is 0 Å². The highest BCUT2D eigenvalue weighted by molar-refractivity contribution is 5.28. The molecule has 17 heavy (non-hydrogen) atoms. The number of nitrogens with one attached hydrogen (secondary N) is 1. The Morgan fingerprint density at radius 3 is 2.35 bits per heavy atom. The smallest absolute Gasteiger partial charge is 0.0644 e. The summed E-state index contributed by atoms with van der Waals surface area (Å²) in [6.07, 6.45) is 2.36. The molecule has 0 fully saturated rings. The van der Waals surface area contributed by atoms with Crippen molar-refractivity contribution in [3.63, 3.8) is 0 Å². The second-order valence-corrected chi connectivity index (χ2v) is 5.03. The largest absolute Gasteiger partial charge is 0.310 e. The average Bonchev–Trinajstić information content (AvgIpc) is 2.55. The van der Waals surface area contributed by atoms with Crippen LogP contribution in [0.15, 0.2) is 0 Å². The molecule has 3 nitrogen and oxygen atoms in total. The fourth-order valence-corrected chi connectivity index (χ4v) is 2.36. The maximum Gasteiger partial charge on any atom is 0.0644 e. The lowest BCUT2D eigenvalue weighted by Crippen LogP contribution is -2.28. The van der Waals surface area contributed by atoms with Crippen molar-refractivity contribution in [2.75, 3.05) is 6.54 Å². The van der Waals surface area contributed by atoms with E-state index in [0.29, 0.717) is 12.0 Å². The zero-order valence-electron chi connectivity index (χ0n) is 12.2. The molecule has 2 atom stereocenters. The Bertz CT molecular complexity index is 355. The number of hydrogen-bond donors (Lipinski definition) is 1. The van der Waals surface area contributed by atoms with Crippen LogP contribution in [-0.4, -0.2) is 16.3 Å². The quantitative estimate of drug-likeness (QED) is 0.824. The standard InChI is InChI=1S/C14H27N3/c1-7-9-15-14(10(3)8-2)13-11(4)16-17(6)12(13)5/h10,14-15H,7-9H2,1-6H3. The summed E-state index contributed by atoms with van der Waals surface area (Å²) in [5.41, 5.74) is 3.85. The number of hydrogen-bond acceptors (Lipinski definition) is 2. The molecule has 0 amide bonds. The number of aryl methyl sites for hydroxylation is 2. The Kier molecular flexibility index (Phi) is 5.19. The zero-order chi connectivity index (χ0) is 13.0. The van der Waals surface area contributed by atoms with Gasteiger partial charge in [-0.15, -0.1) is 0 Å². The van der Waals surface area contributed by atoms with Crippen molar-refractivity contribution in [2.24, 2.45) is 13.0 Å². The molecule has 1 heterocycles. The van der Waals surface area contributed by atoms with E-state index in [4.69, 9.17) is 0 Å². The summed E-state index contributed by atoms with van der Waals surface area (Å²) in [6, 6.07) is 0.439. The van der Waals surface area contributed by atoms with Crippen LogP contribution in [0.2, 0.25) is 0 Å². The SMILES string of the molecule is CCCNC(c1c(C)nn(C)c1C)C(C)CC. The van der Waals surface area contributed by atoms with Crippen molar-refractivity contribution in [3.05, 3.63) is 17.0 Å². The molecule has 0 radical (unpaired) electrons. The Hall–Kier alpha value is -0.830. The minimum atomic E-state index is 0.439. The molecule has 1 rings (SSSR count). The summed E-state index contributed by atoms with van der Waals surface area (Å²) in [7, 11) is 2.03. The average molecular weight is 237 g/mol. The van der Waals surface area contributed by atoms with Gasteiger partial charge in [0.15, 0.2) is 0 Å². The van der Waals surface area contributed by atoms with E-state index in [0.717, 1.165) is 6.54 Å². The Morgan fingerprint density at radius 2 is 1.94 bits per heavy atom. The molecule has 0 saturated carbocycles. The number of rotatable bonds is 6. The second kappa shape index (κ2) is 6.20. The topological polar surface area (TPSA) is 29.9 Å². The van der Waals surface area contributed by atoms with Crippen molar-refractivity contribution < 1.29 is 0 Å². The Morgan fingerprint density at radius 1 is 1.29 bits per heavy atom. The minimum Gasteiger partial charge on any atom is -0.310 e. The number of nitrogens with zero attached hydrogens (tertiary/aromatic N) is 2. The normalized spacial score (nSPS) is 14.9. The maximum absolute atomic E-state index is 4.53. The van der Waals surface area contributed by atoms with Crippen molar-refractivity contribution in [1.29, 1.82) is 0 Å². The predicted octanol–water partition coefficient (Wildman–Crippen LogP) is 3.12. The van der Waals surface area contributed by atoms with Gasteiger partial charge >= 0.3 is 0 Å². The zero-order valence-corrected chi connectivity index (χ0v) is 12.2. The molecule has 0 aliphatic rings. The summed E-state index contributed by atoms with van der Waals surface area (Å²) in [6.45, 7) is 12.1. The molecule has 0 saturated heterocycles. The van der Waals surface area contributed by atoms with E-state index in [1.807, 2.05) is 11.7 Å². The van der Waals surface area contributed by atoms with Gasteiger partial charge < -0.3 is 5.32 Å². The highest BCUT2D eigenvalue weighted by Crippen LogP contribution is 2.29. The fourth-order valence-electron chi connectivity index (χ4n) is 2.36. The molecular formula is C14H27N3. The van der Waals surface area contributed by atoms with Gasteiger partial charge in [0, 0.05) is 24.3 Å². The first-order chi connectivity index (χ1) is 8.02. The van der Waals surface area contributed by atoms with Gasteiger partial charge in [-0.3, -0.25) is 4.68 Å². The molecule has 0 spiro atoms. The lowest BCUT2D eigenvalue weighted by molar-refractivity contribution is 0.374. The van der Waals surface area contributed by atoms with Gasteiger partial charge in [-0.1, -0.05) is 27.2 Å². The third-order valence-corrected chi connectivity index (χ3v) is 3.70. The lowest BCUT2D eigenvalue weighted by atomic mass is 9.91. The molecule has 98 valence electrons. The second-order valence-electron chi connectivity index (χ2n) is 5.03. The van der Waals surface area contributed by atoms with Crippen LogP contribution in [0.1, 0.15) is 56.6 Å². The van der Waals surface area contributed by atoms with E-state index >= 15 is 0 Å². The first kappa shape index (κ1) is 14.2. The van der Waals surface area contributed by atoms with Crippen molar-refractivity contribution in [3.8, 4) is 0 Å². The highest BCUT2D eigenvalue weighted by Gasteiger charge is 2.23. The minimum absolute atomic E-state index is 0.439. The first-order valence-corrected chi connectivity index (χ1v) is 6.76. The molecule has 0 bridgehead atoms. The predicted molar refractivity (Wildman–Crippen MR) is 73.2 cm³/mol. The van der Waals surface area contributed by atoms with Crippen LogP contribution in [0.25, 0.3) is 0 Å². The molecule has 0 aromatic carbocycles. The van der Waals surface area contributed by atoms with E-state index < -0.39 is 0 Å². The molecule has 3 heteroatoms. The van der Waals surface area contributed by atoms with Gasteiger partial charge in [0.25, 0.3) is 0 Å².